The molecule has 1 aliphatic carbocycles. The highest BCUT2D eigenvalue weighted by Crippen LogP contribution is 2.27. The molecule has 0 spiro atoms. The maximum absolute atomic E-state index is 11.7. The van der Waals surface area contributed by atoms with E-state index in [0.717, 1.165) is 37.0 Å². The molecule has 0 atom stereocenters. The van der Waals surface area contributed by atoms with Gasteiger partial charge in [-0.15, -0.1) is 0 Å². The van der Waals surface area contributed by atoms with Gasteiger partial charge >= 0.3 is 0 Å². The molecule has 1 aliphatic rings. The molecule has 1 saturated carbocycles. The summed E-state index contributed by atoms with van der Waals surface area (Å²) in [4.78, 5) is 11.7. The highest BCUT2D eigenvalue weighted by Gasteiger charge is 2.22. The topological polar surface area (TPSA) is 26.3 Å². The third kappa shape index (κ3) is 3.37. The van der Waals surface area contributed by atoms with Gasteiger partial charge in [-0.3, -0.25) is 4.79 Å². The van der Waals surface area contributed by atoms with E-state index in [2.05, 4.69) is 20.8 Å². The van der Waals surface area contributed by atoms with Crippen LogP contribution in [-0.4, -0.2) is 11.4 Å². The lowest BCUT2D eigenvalue weighted by atomic mass is 9.92. The first-order valence-electron chi connectivity index (χ1n) is 5.88. The quantitative estimate of drug-likeness (QED) is 0.525. The fourth-order valence-corrected chi connectivity index (χ4v) is 1.80. The maximum Gasteiger partial charge on any atom is 0.162 e. The van der Waals surface area contributed by atoms with Gasteiger partial charge in [0, 0.05) is 12.0 Å². The molecule has 0 aromatic rings. The number of ether oxygens (including phenoxy) is 1. The molecule has 0 heterocycles. The number of allylic oxidation sites excluding steroid dienone is 2. The molecule has 86 valence electrons. The second kappa shape index (κ2) is 4.82. The summed E-state index contributed by atoms with van der Waals surface area (Å²) >= 11 is 0. The predicted molar refractivity (Wildman–Crippen MR) is 61.6 cm³/mol. The molecular weight excluding hydrogens is 188 g/mol. The second-order valence-corrected chi connectivity index (χ2v) is 4.88. The summed E-state index contributed by atoms with van der Waals surface area (Å²) in [6.07, 6.45) is 4.69. The largest absolute Gasteiger partial charge is 0.492 e. The van der Waals surface area contributed by atoms with Crippen LogP contribution >= 0.6 is 0 Å². The van der Waals surface area contributed by atoms with Crippen molar-refractivity contribution in [2.45, 2.75) is 65.4 Å². The predicted octanol–water partition coefficient (Wildman–Crippen LogP) is 3.61. The van der Waals surface area contributed by atoms with Gasteiger partial charge in [0.2, 0.25) is 0 Å². The molecule has 0 aromatic carbocycles. The summed E-state index contributed by atoms with van der Waals surface area (Å²) in [7, 11) is 0. The van der Waals surface area contributed by atoms with E-state index in [-0.39, 0.29) is 11.4 Å². The molecule has 1 fully saturated rings. The van der Waals surface area contributed by atoms with Crippen LogP contribution in [0.15, 0.2) is 11.3 Å². The van der Waals surface area contributed by atoms with Gasteiger partial charge in [0.1, 0.15) is 11.4 Å². The number of Topliss-reactive ketones (excluding diaryl/α,β-unsaturated/α-hetero) is 1. The molecule has 0 N–H and O–H groups in total. The van der Waals surface area contributed by atoms with E-state index < -0.39 is 0 Å². The minimum absolute atomic E-state index is 0.158. The Balaban J connectivity index is 2.75. The molecule has 0 radical (unpaired) electrons. The molecular formula is C13H22O2. The molecule has 2 nitrogen and oxygen atoms in total. The molecule has 1 rings (SSSR count). The molecule has 0 unspecified atom stereocenters. The van der Waals surface area contributed by atoms with Crippen molar-refractivity contribution in [2.24, 2.45) is 0 Å². The number of rotatable bonds is 3. The Morgan fingerprint density at radius 3 is 2.47 bits per heavy atom. The van der Waals surface area contributed by atoms with Gasteiger partial charge in [-0.2, -0.15) is 0 Å². The van der Waals surface area contributed by atoms with Gasteiger partial charge in [0.05, 0.1) is 0 Å². The monoisotopic (exact) mass is 210 g/mol. The zero-order valence-electron chi connectivity index (χ0n) is 10.4. The lowest BCUT2D eigenvalue weighted by molar-refractivity contribution is -0.116. The first-order valence-corrected chi connectivity index (χ1v) is 5.88. The average molecular weight is 210 g/mol. The van der Waals surface area contributed by atoms with Gasteiger partial charge in [-0.1, -0.05) is 6.92 Å². The maximum atomic E-state index is 11.7. The molecule has 0 amide bonds. The molecule has 2 heteroatoms. The molecule has 0 aromatic heterocycles. The van der Waals surface area contributed by atoms with Crippen molar-refractivity contribution >= 4 is 5.78 Å². The van der Waals surface area contributed by atoms with E-state index in [4.69, 9.17) is 4.74 Å². The van der Waals surface area contributed by atoms with Crippen LogP contribution < -0.4 is 0 Å². The van der Waals surface area contributed by atoms with E-state index in [1.54, 1.807) is 0 Å². The van der Waals surface area contributed by atoms with Gasteiger partial charge < -0.3 is 4.74 Å². The number of hydrogen-bond donors (Lipinski definition) is 0. The van der Waals surface area contributed by atoms with Crippen LogP contribution in [0.5, 0.6) is 0 Å². The van der Waals surface area contributed by atoms with Crippen molar-refractivity contribution in [2.75, 3.05) is 0 Å². The Kier molecular flexibility index (Phi) is 3.95. The average Bonchev–Trinajstić information content (AvgIpc) is 2.17. The fourth-order valence-electron chi connectivity index (χ4n) is 1.80. The van der Waals surface area contributed by atoms with Crippen molar-refractivity contribution in [1.82, 2.24) is 0 Å². The summed E-state index contributed by atoms with van der Waals surface area (Å²) in [6.45, 7) is 8.14. The van der Waals surface area contributed by atoms with Gasteiger partial charge in [0.15, 0.2) is 5.78 Å². The van der Waals surface area contributed by atoms with E-state index >= 15 is 0 Å². The Morgan fingerprint density at radius 1 is 1.33 bits per heavy atom. The molecule has 0 saturated heterocycles. The Bertz CT molecular complexity index is 274. The summed E-state index contributed by atoms with van der Waals surface area (Å²) < 4.78 is 5.86. The summed E-state index contributed by atoms with van der Waals surface area (Å²) in [5.74, 6) is 1.12. The fraction of sp³-hybridized carbons (Fsp3) is 0.769. The van der Waals surface area contributed by atoms with Crippen LogP contribution in [0.1, 0.15) is 59.8 Å². The van der Waals surface area contributed by atoms with Crippen molar-refractivity contribution in [3.05, 3.63) is 11.3 Å². The SMILES string of the molecule is CCC(C)(C)O/C(C)=C1/CCCCC1=O. The standard InChI is InChI=1S/C13H22O2/c1-5-13(3,4)15-10(2)11-8-6-7-9-12(11)14/h5-9H2,1-4H3/b11-10-. The summed E-state index contributed by atoms with van der Waals surface area (Å²) in [5, 5.41) is 0. The van der Waals surface area contributed by atoms with Crippen molar-refractivity contribution < 1.29 is 9.53 Å². The minimum Gasteiger partial charge on any atom is -0.492 e. The van der Waals surface area contributed by atoms with Crippen LogP contribution in [0.4, 0.5) is 0 Å². The zero-order valence-corrected chi connectivity index (χ0v) is 10.4. The van der Waals surface area contributed by atoms with Crippen LogP contribution in [0.25, 0.3) is 0 Å². The highest BCUT2D eigenvalue weighted by molar-refractivity contribution is 5.96. The zero-order chi connectivity index (χ0) is 11.5. The lowest BCUT2D eigenvalue weighted by Crippen LogP contribution is -2.24. The Hall–Kier alpha value is -0.790. The number of carbonyl (C=O) groups is 1. The molecule has 15 heavy (non-hydrogen) atoms. The van der Waals surface area contributed by atoms with Gasteiger partial charge in [-0.25, -0.2) is 0 Å². The van der Waals surface area contributed by atoms with E-state index in [0.29, 0.717) is 6.42 Å². The van der Waals surface area contributed by atoms with E-state index in [1.807, 2.05) is 6.92 Å². The number of hydrogen-bond acceptors (Lipinski definition) is 2. The summed E-state index contributed by atoms with van der Waals surface area (Å²) in [6, 6.07) is 0. The van der Waals surface area contributed by atoms with Crippen molar-refractivity contribution in [3.8, 4) is 0 Å². The summed E-state index contributed by atoms with van der Waals surface area (Å²) in [5.41, 5.74) is 0.761. The van der Waals surface area contributed by atoms with Crippen molar-refractivity contribution in [3.63, 3.8) is 0 Å². The minimum atomic E-state index is -0.158. The van der Waals surface area contributed by atoms with E-state index in [1.165, 1.54) is 0 Å². The smallest absolute Gasteiger partial charge is 0.162 e. The third-order valence-corrected chi connectivity index (χ3v) is 3.12. The normalized spacial score (nSPS) is 21.5. The first-order chi connectivity index (χ1) is 6.96. The van der Waals surface area contributed by atoms with Crippen molar-refractivity contribution in [1.29, 1.82) is 0 Å². The molecule has 0 aliphatic heterocycles. The van der Waals surface area contributed by atoms with Crippen LogP contribution in [-0.2, 0) is 9.53 Å². The number of ketones is 1. The number of carbonyl (C=O) groups excluding carboxylic acids is 1. The Labute approximate surface area is 92.7 Å². The van der Waals surface area contributed by atoms with E-state index in [9.17, 15) is 4.79 Å². The van der Waals surface area contributed by atoms with Gasteiger partial charge in [0.25, 0.3) is 0 Å². The highest BCUT2D eigenvalue weighted by atomic mass is 16.5. The Morgan fingerprint density at radius 2 is 1.93 bits per heavy atom. The van der Waals surface area contributed by atoms with Gasteiger partial charge in [-0.05, 0) is 46.5 Å². The molecule has 0 bridgehead atoms. The first kappa shape index (κ1) is 12.3. The van der Waals surface area contributed by atoms with Crippen LogP contribution in [0, 0.1) is 0 Å². The lowest BCUT2D eigenvalue weighted by Gasteiger charge is -2.27. The second-order valence-electron chi connectivity index (χ2n) is 4.88. The third-order valence-electron chi connectivity index (χ3n) is 3.12. The van der Waals surface area contributed by atoms with Crippen LogP contribution in [0.3, 0.4) is 0 Å². The van der Waals surface area contributed by atoms with Crippen LogP contribution in [0.2, 0.25) is 0 Å².